The molecule has 1 aliphatic rings. The van der Waals surface area contributed by atoms with Crippen LogP contribution in [-0.4, -0.2) is 17.1 Å². The van der Waals surface area contributed by atoms with Gasteiger partial charge in [0.25, 0.3) is 5.91 Å². The normalized spacial score (nSPS) is 15.8. The first-order valence-electron chi connectivity index (χ1n) is 5.27. The van der Waals surface area contributed by atoms with Gasteiger partial charge in [0.05, 0.1) is 0 Å². The van der Waals surface area contributed by atoms with E-state index in [-0.39, 0.29) is 11.7 Å². The Labute approximate surface area is 89.1 Å². The summed E-state index contributed by atoms with van der Waals surface area (Å²) in [5, 5.41) is 12.3. The lowest BCUT2D eigenvalue weighted by Gasteiger charge is -2.26. The minimum absolute atomic E-state index is 0.0391. The summed E-state index contributed by atoms with van der Waals surface area (Å²) in [5.74, 6) is 0.193. The third-order valence-corrected chi connectivity index (χ3v) is 2.90. The second-order valence-electron chi connectivity index (χ2n) is 4.10. The number of hydrogen-bond donors (Lipinski definition) is 2. The van der Waals surface area contributed by atoms with Gasteiger partial charge < -0.3 is 10.4 Å². The summed E-state index contributed by atoms with van der Waals surface area (Å²) in [4.78, 5) is 11.7. The number of phenolic OH excluding ortho intramolecular Hbond substituents is 1. The van der Waals surface area contributed by atoms with Crippen LogP contribution in [0.4, 0.5) is 0 Å². The highest BCUT2D eigenvalue weighted by atomic mass is 16.3. The summed E-state index contributed by atoms with van der Waals surface area (Å²) in [5.41, 5.74) is 1.36. The number of benzene rings is 1. The topological polar surface area (TPSA) is 49.3 Å². The third-order valence-electron chi connectivity index (χ3n) is 2.90. The zero-order valence-corrected chi connectivity index (χ0v) is 8.79. The Balaban J connectivity index is 2.07. The lowest BCUT2D eigenvalue weighted by atomic mass is 9.93. The molecule has 1 aliphatic carbocycles. The molecular formula is C12H15NO2. The molecule has 1 aromatic carbocycles. The van der Waals surface area contributed by atoms with Crippen LogP contribution in [0, 0.1) is 6.92 Å². The summed E-state index contributed by atoms with van der Waals surface area (Å²) in [6.45, 7) is 1.79. The predicted octanol–water partition coefficient (Wildman–Crippen LogP) is 1.98. The Morgan fingerprint density at radius 3 is 2.73 bits per heavy atom. The number of hydrogen-bond acceptors (Lipinski definition) is 2. The minimum atomic E-state index is -0.0391. The molecule has 0 radical (unpaired) electrons. The van der Waals surface area contributed by atoms with Crippen molar-refractivity contribution >= 4 is 5.91 Å². The van der Waals surface area contributed by atoms with Gasteiger partial charge >= 0.3 is 0 Å². The standard InChI is InChI=1S/C12H15NO2/c1-8-7-9(5-6-11(8)14)12(15)13-10-3-2-4-10/h5-7,10,14H,2-4H2,1H3,(H,13,15). The quantitative estimate of drug-likeness (QED) is 0.775. The van der Waals surface area contributed by atoms with Crippen LogP contribution in [0.5, 0.6) is 5.75 Å². The molecule has 0 bridgehead atoms. The predicted molar refractivity (Wildman–Crippen MR) is 57.9 cm³/mol. The van der Waals surface area contributed by atoms with Gasteiger partial charge in [0.1, 0.15) is 5.75 Å². The zero-order chi connectivity index (χ0) is 10.8. The van der Waals surface area contributed by atoms with Crippen LogP contribution in [0.15, 0.2) is 18.2 Å². The van der Waals surface area contributed by atoms with Gasteiger partial charge in [0.15, 0.2) is 0 Å². The first-order chi connectivity index (χ1) is 7.16. The number of phenols is 1. The van der Waals surface area contributed by atoms with E-state index in [9.17, 15) is 9.90 Å². The average Bonchev–Trinajstić information content (AvgIpc) is 2.15. The maximum absolute atomic E-state index is 11.7. The Kier molecular flexibility index (Phi) is 2.62. The van der Waals surface area contributed by atoms with Crippen molar-refractivity contribution in [1.82, 2.24) is 5.32 Å². The summed E-state index contributed by atoms with van der Waals surface area (Å²) >= 11 is 0. The van der Waals surface area contributed by atoms with Crippen LogP contribution in [0.2, 0.25) is 0 Å². The molecule has 0 aromatic heterocycles. The molecule has 3 nitrogen and oxygen atoms in total. The van der Waals surface area contributed by atoms with E-state index in [0.717, 1.165) is 18.4 Å². The lowest BCUT2D eigenvalue weighted by Crippen LogP contribution is -2.39. The SMILES string of the molecule is Cc1cc(C(=O)NC2CCC2)ccc1O. The molecule has 80 valence electrons. The van der Waals surface area contributed by atoms with Gasteiger partial charge in [-0.25, -0.2) is 0 Å². The van der Waals surface area contributed by atoms with Gasteiger partial charge in [0.2, 0.25) is 0 Å². The fourth-order valence-corrected chi connectivity index (χ4v) is 1.62. The van der Waals surface area contributed by atoms with Crippen LogP contribution in [0.25, 0.3) is 0 Å². The molecule has 2 N–H and O–H groups in total. The maximum atomic E-state index is 11.7. The summed E-state index contributed by atoms with van der Waals surface area (Å²) < 4.78 is 0. The van der Waals surface area contributed by atoms with Crippen LogP contribution in [0.1, 0.15) is 35.2 Å². The van der Waals surface area contributed by atoms with E-state index in [1.54, 1.807) is 25.1 Å². The number of rotatable bonds is 2. The highest BCUT2D eigenvalue weighted by Crippen LogP contribution is 2.20. The fraction of sp³-hybridized carbons (Fsp3) is 0.417. The molecule has 0 atom stereocenters. The Bertz CT molecular complexity index is 383. The summed E-state index contributed by atoms with van der Waals surface area (Å²) in [6, 6.07) is 5.27. The van der Waals surface area contributed by atoms with Gasteiger partial charge in [0, 0.05) is 11.6 Å². The highest BCUT2D eigenvalue weighted by Gasteiger charge is 2.20. The Hall–Kier alpha value is -1.51. The summed E-state index contributed by atoms with van der Waals surface area (Å²) in [7, 11) is 0. The molecule has 3 heteroatoms. The van der Waals surface area contributed by atoms with E-state index < -0.39 is 0 Å². The molecule has 0 spiro atoms. The van der Waals surface area contributed by atoms with Crippen molar-refractivity contribution in [3.05, 3.63) is 29.3 Å². The molecule has 1 aromatic rings. The number of aromatic hydroxyl groups is 1. The first kappa shape index (κ1) is 10.0. The molecule has 2 rings (SSSR count). The minimum Gasteiger partial charge on any atom is -0.508 e. The molecule has 0 heterocycles. The van der Waals surface area contributed by atoms with Crippen LogP contribution < -0.4 is 5.32 Å². The molecule has 1 amide bonds. The second kappa shape index (κ2) is 3.93. The van der Waals surface area contributed by atoms with E-state index in [4.69, 9.17) is 0 Å². The fourth-order valence-electron chi connectivity index (χ4n) is 1.62. The summed E-state index contributed by atoms with van der Waals surface area (Å²) in [6.07, 6.45) is 3.38. The van der Waals surface area contributed by atoms with Crippen molar-refractivity contribution < 1.29 is 9.90 Å². The smallest absolute Gasteiger partial charge is 0.251 e. The van der Waals surface area contributed by atoms with Gasteiger partial charge in [-0.05, 0) is 49.9 Å². The van der Waals surface area contributed by atoms with Crippen molar-refractivity contribution in [2.24, 2.45) is 0 Å². The second-order valence-corrected chi connectivity index (χ2v) is 4.10. The molecule has 1 saturated carbocycles. The number of carbonyl (C=O) groups is 1. The van der Waals surface area contributed by atoms with Gasteiger partial charge in [-0.2, -0.15) is 0 Å². The molecule has 15 heavy (non-hydrogen) atoms. The van der Waals surface area contributed by atoms with Gasteiger partial charge in [-0.15, -0.1) is 0 Å². The molecule has 1 fully saturated rings. The van der Waals surface area contributed by atoms with E-state index in [2.05, 4.69) is 5.32 Å². The monoisotopic (exact) mass is 205 g/mol. The van der Waals surface area contributed by atoms with Crippen molar-refractivity contribution in [2.45, 2.75) is 32.2 Å². The zero-order valence-electron chi connectivity index (χ0n) is 8.79. The van der Waals surface area contributed by atoms with E-state index in [1.807, 2.05) is 0 Å². The molecule has 0 aliphatic heterocycles. The van der Waals surface area contributed by atoms with Crippen molar-refractivity contribution in [3.63, 3.8) is 0 Å². The number of aryl methyl sites for hydroxylation is 1. The maximum Gasteiger partial charge on any atom is 0.251 e. The number of amides is 1. The molecular weight excluding hydrogens is 190 g/mol. The van der Waals surface area contributed by atoms with E-state index >= 15 is 0 Å². The van der Waals surface area contributed by atoms with Crippen LogP contribution >= 0.6 is 0 Å². The third kappa shape index (κ3) is 2.12. The number of nitrogens with one attached hydrogen (secondary N) is 1. The Morgan fingerprint density at radius 2 is 2.20 bits per heavy atom. The van der Waals surface area contributed by atoms with Crippen LogP contribution in [-0.2, 0) is 0 Å². The molecule has 0 unspecified atom stereocenters. The largest absolute Gasteiger partial charge is 0.508 e. The van der Waals surface area contributed by atoms with Crippen LogP contribution in [0.3, 0.4) is 0 Å². The van der Waals surface area contributed by atoms with Gasteiger partial charge in [-0.1, -0.05) is 0 Å². The lowest BCUT2D eigenvalue weighted by molar-refractivity contribution is 0.0917. The molecule has 0 saturated heterocycles. The number of carbonyl (C=O) groups excluding carboxylic acids is 1. The van der Waals surface area contributed by atoms with E-state index in [1.165, 1.54) is 6.42 Å². The van der Waals surface area contributed by atoms with Crippen molar-refractivity contribution in [3.8, 4) is 5.75 Å². The van der Waals surface area contributed by atoms with Crippen molar-refractivity contribution in [2.75, 3.05) is 0 Å². The van der Waals surface area contributed by atoms with Gasteiger partial charge in [-0.3, -0.25) is 4.79 Å². The van der Waals surface area contributed by atoms with E-state index in [0.29, 0.717) is 11.6 Å². The van der Waals surface area contributed by atoms with Crippen molar-refractivity contribution in [1.29, 1.82) is 0 Å². The Morgan fingerprint density at radius 1 is 1.47 bits per heavy atom. The highest BCUT2D eigenvalue weighted by molar-refractivity contribution is 5.94. The first-order valence-corrected chi connectivity index (χ1v) is 5.27. The average molecular weight is 205 g/mol.